The zero-order valence-electron chi connectivity index (χ0n) is 13.6. The summed E-state index contributed by atoms with van der Waals surface area (Å²) in [6.07, 6.45) is 0.913. The summed E-state index contributed by atoms with van der Waals surface area (Å²) < 4.78 is 27.6. The molecule has 1 atom stereocenters. The van der Waals surface area contributed by atoms with E-state index in [0.29, 0.717) is 17.5 Å². The normalized spacial score (nSPS) is 30.4. The first kappa shape index (κ1) is 16.0. The van der Waals surface area contributed by atoms with Crippen molar-refractivity contribution < 1.29 is 8.42 Å². The molecular weight excluding hydrogens is 272 g/mol. The van der Waals surface area contributed by atoms with Crippen LogP contribution in [0.1, 0.15) is 48.0 Å². The number of nitrogens with zero attached hydrogens (tertiary/aromatic N) is 2. The predicted molar refractivity (Wildman–Crippen MR) is 82.9 cm³/mol. The molecule has 1 unspecified atom stereocenters. The van der Waals surface area contributed by atoms with E-state index in [1.165, 1.54) is 0 Å². The lowest BCUT2D eigenvalue weighted by Gasteiger charge is -2.50. The van der Waals surface area contributed by atoms with Gasteiger partial charge < -0.3 is 0 Å². The minimum Gasteiger partial charge on any atom is -0.298 e. The standard InChI is InChI=1S/C15H28N2O2S/c1-11(2)14-15(5,6)9-13-10-16(12(3)4)7-8-17(13)20(14,18)19/h12-13H,7-10H2,1-6H3. The van der Waals surface area contributed by atoms with E-state index >= 15 is 0 Å². The van der Waals surface area contributed by atoms with Crippen LogP contribution in [0.5, 0.6) is 0 Å². The maximum atomic E-state index is 12.9. The SMILES string of the molecule is CC(C)=C1C(C)(C)CC2CN(C(C)C)CCN2S1(=O)=O. The Morgan fingerprint density at radius 1 is 1.25 bits per heavy atom. The first-order valence-corrected chi connectivity index (χ1v) is 8.95. The third-order valence-electron chi connectivity index (χ3n) is 4.57. The molecule has 0 N–H and O–H groups in total. The third-order valence-corrected chi connectivity index (χ3v) is 7.15. The van der Waals surface area contributed by atoms with Crippen molar-refractivity contribution in [2.24, 2.45) is 5.41 Å². The molecular formula is C15H28N2O2S. The van der Waals surface area contributed by atoms with Gasteiger partial charge in [-0.1, -0.05) is 19.4 Å². The molecule has 0 aromatic carbocycles. The number of piperazine rings is 1. The van der Waals surface area contributed by atoms with Crippen LogP contribution < -0.4 is 0 Å². The zero-order valence-corrected chi connectivity index (χ0v) is 14.4. The van der Waals surface area contributed by atoms with Gasteiger partial charge in [0.05, 0.1) is 4.91 Å². The molecule has 0 aromatic heterocycles. The van der Waals surface area contributed by atoms with E-state index < -0.39 is 10.0 Å². The quantitative estimate of drug-likeness (QED) is 0.747. The lowest BCUT2D eigenvalue weighted by Crippen LogP contribution is -2.61. The number of hydrogen-bond donors (Lipinski definition) is 0. The van der Waals surface area contributed by atoms with Crippen molar-refractivity contribution in [2.75, 3.05) is 19.6 Å². The first-order chi connectivity index (χ1) is 9.07. The number of rotatable bonds is 1. The maximum absolute atomic E-state index is 12.9. The van der Waals surface area contributed by atoms with Crippen LogP contribution in [0.3, 0.4) is 0 Å². The molecule has 0 spiro atoms. The highest BCUT2D eigenvalue weighted by molar-refractivity contribution is 7.93. The summed E-state index contributed by atoms with van der Waals surface area (Å²) in [6, 6.07) is 0.599. The second kappa shape index (κ2) is 5.11. The number of hydrogen-bond acceptors (Lipinski definition) is 3. The highest BCUT2D eigenvalue weighted by Gasteiger charge is 2.49. The monoisotopic (exact) mass is 300 g/mol. The van der Waals surface area contributed by atoms with Crippen LogP contribution in [-0.4, -0.2) is 49.3 Å². The minimum atomic E-state index is -3.29. The fraction of sp³-hybridized carbons (Fsp3) is 0.867. The summed E-state index contributed by atoms with van der Waals surface area (Å²) in [7, 11) is -3.29. The molecule has 20 heavy (non-hydrogen) atoms. The zero-order chi connectivity index (χ0) is 15.3. The van der Waals surface area contributed by atoms with E-state index in [1.807, 2.05) is 13.8 Å². The van der Waals surface area contributed by atoms with E-state index in [1.54, 1.807) is 4.31 Å². The smallest absolute Gasteiger partial charge is 0.240 e. The van der Waals surface area contributed by atoms with Gasteiger partial charge in [-0.05, 0) is 34.1 Å². The Balaban J connectivity index is 2.40. The molecule has 0 bridgehead atoms. The Labute approximate surface area is 123 Å². The van der Waals surface area contributed by atoms with Crippen LogP contribution in [0, 0.1) is 5.41 Å². The first-order valence-electron chi connectivity index (χ1n) is 7.51. The minimum absolute atomic E-state index is 0.120. The van der Waals surface area contributed by atoms with E-state index in [2.05, 4.69) is 32.6 Å². The molecule has 2 saturated heterocycles. The molecule has 116 valence electrons. The third kappa shape index (κ3) is 2.55. The average molecular weight is 300 g/mol. The topological polar surface area (TPSA) is 40.6 Å². The fourth-order valence-electron chi connectivity index (χ4n) is 3.90. The maximum Gasteiger partial charge on any atom is 0.240 e. The van der Waals surface area contributed by atoms with Gasteiger partial charge in [-0.3, -0.25) is 4.90 Å². The summed E-state index contributed by atoms with van der Waals surface area (Å²) in [5.41, 5.74) is 0.665. The Morgan fingerprint density at radius 3 is 2.35 bits per heavy atom. The molecule has 5 heteroatoms. The van der Waals surface area contributed by atoms with Gasteiger partial charge in [0, 0.05) is 37.1 Å². The number of allylic oxidation sites excluding steroid dienone is 2. The second-order valence-electron chi connectivity index (χ2n) is 7.28. The van der Waals surface area contributed by atoms with Crippen LogP contribution in [0.15, 0.2) is 10.5 Å². The van der Waals surface area contributed by atoms with Gasteiger partial charge in [0.2, 0.25) is 10.0 Å². The van der Waals surface area contributed by atoms with Crippen molar-refractivity contribution in [1.82, 2.24) is 9.21 Å². The van der Waals surface area contributed by atoms with Crippen LogP contribution >= 0.6 is 0 Å². The van der Waals surface area contributed by atoms with Crippen molar-refractivity contribution in [3.05, 3.63) is 10.5 Å². The predicted octanol–water partition coefficient (Wildman–Crippen LogP) is 2.43. The Kier molecular flexibility index (Phi) is 4.08. The highest BCUT2D eigenvalue weighted by atomic mass is 32.2. The van der Waals surface area contributed by atoms with E-state index in [4.69, 9.17) is 0 Å². The lowest BCUT2D eigenvalue weighted by molar-refractivity contribution is 0.0817. The summed E-state index contributed by atoms with van der Waals surface area (Å²) in [5, 5.41) is 0. The summed E-state index contributed by atoms with van der Waals surface area (Å²) >= 11 is 0. The molecule has 0 saturated carbocycles. The molecule has 2 heterocycles. The summed E-state index contributed by atoms with van der Waals surface area (Å²) in [6.45, 7) is 14.6. The second-order valence-corrected chi connectivity index (χ2v) is 9.10. The summed E-state index contributed by atoms with van der Waals surface area (Å²) in [5.74, 6) is 0. The molecule has 2 rings (SSSR count). The number of fused-ring (bicyclic) bond motifs is 1. The van der Waals surface area contributed by atoms with Crippen molar-refractivity contribution in [1.29, 1.82) is 0 Å². The molecule has 0 amide bonds. The molecule has 2 aliphatic rings. The van der Waals surface area contributed by atoms with Crippen molar-refractivity contribution >= 4 is 10.0 Å². The van der Waals surface area contributed by atoms with E-state index in [-0.39, 0.29) is 11.5 Å². The van der Waals surface area contributed by atoms with Crippen molar-refractivity contribution in [3.8, 4) is 0 Å². The molecule has 0 radical (unpaired) electrons. The lowest BCUT2D eigenvalue weighted by atomic mass is 9.82. The van der Waals surface area contributed by atoms with Crippen LogP contribution in [0.2, 0.25) is 0 Å². The van der Waals surface area contributed by atoms with Gasteiger partial charge in [-0.25, -0.2) is 8.42 Å². The largest absolute Gasteiger partial charge is 0.298 e. The van der Waals surface area contributed by atoms with Crippen molar-refractivity contribution in [2.45, 2.75) is 60.0 Å². The molecule has 2 fully saturated rings. The van der Waals surface area contributed by atoms with Gasteiger partial charge in [0.25, 0.3) is 0 Å². The van der Waals surface area contributed by atoms with E-state index in [9.17, 15) is 8.42 Å². The van der Waals surface area contributed by atoms with Crippen LogP contribution in [-0.2, 0) is 10.0 Å². The number of sulfonamides is 1. The summed E-state index contributed by atoms with van der Waals surface area (Å²) in [4.78, 5) is 3.03. The molecule has 2 aliphatic heterocycles. The van der Waals surface area contributed by atoms with Gasteiger partial charge in [0.15, 0.2) is 0 Å². The van der Waals surface area contributed by atoms with Gasteiger partial charge >= 0.3 is 0 Å². The van der Waals surface area contributed by atoms with Gasteiger partial charge in [0.1, 0.15) is 0 Å². The van der Waals surface area contributed by atoms with Crippen LogP contribution in [0.25, 0.3) is 0 Å². The van der Waals surface area contributed by atoms with Gasteiger partial charge in [-0.15, -0.1) is 0 Å². The van der Waals surface area contributed by atoms with Crippen molar-refractivity contribution in [3.63, 3.8) is 0 Å². The van der Waals surface area contributed by atoms with E-state index in [0.717, 1.165) is 25.1 Å². The molecule has 4 nitrogen and oxygen atoms in total. The fourth-order valence-corrected chi connectivity index (χ4v) is 6.29. The molecule has 0 aromatic rings. The van der Waals surface area contributed by atoms with Gasteiger partial charge in [-0.2, -0.15) is 4.31 Å². The average Bonchev–Trinajstić information content (AvgIpc) is 2.24. The molecule has 0 aliphatic carbocycles. The highest BCUT2D eigenvalue weighted by Crippen LogP contribution is 2.45. The van der Waals surface area contributed by atoms with Crippen LogP contribution in [0.4, 0.5) is 0 Å². The Morgan fingerprint density at radius 2 is 1.85 bits per heavy atom. The Hall–Kier alpha value is -0.390. The Bertz CT molecular complexity index is 516.